The topological polar surface area (TPSA) is 28.0 Å². The molecule has 156 valence electrons. The van der Waals surface area contributed by atoms with Crippen LogP contribution in [0.5, 0.6) is 0 Å². The first-order chi connectivity index (χ1) is 16.3. The van der Waals surface area contributed by atoms with Gasteiger partial charge in [0.25, 0.3) is 0 Å². The van der Waals surface area contributed by atoms with Crippen molar-refractivity contribution in [2.45, 2.75) is 0 Å². The molecule has 1 aliphatic heterocycles. The van der Waals surface area contributed by atoms with E-state index >= 15 is 0 Å². The lowest BCUT2D eigenvalue weighted by molar-refractivity contribution is 1.28. The summed E-state index contributed by atoms with van der Waals surface area (Å²) in [4.78, 5) is 12.0. The molecule has 0 fully saturated rings. The molecule has 0 unspecified atom stereocenters. The Labute approximate surface area is 193 Å². The van der Waals surface area contributed by atoms with Gasteiger partial charge in [0, 0.05) is 34.9 Å². The van der Waals surface area contributed by atoms with Crippen LogP contribution < -0.4 is 4.90 Å². The number of fused-ring (bicyclic) bond motifs is 4. The van der Waals surface area contributed by atoms with Gasteiger partial charge in [-0.3, -0.25) is 9.98 Å². The van der Waals surface area contributed by atoms with Gasteiger partial charge in [0.2, 0.25) is 0 Å². The Hall–Kier alpha value is -4.50. The second kappa shape index (κ2) is 8.21. The van der Waals surface area contributed by atoms with Gasteiger partial charge >= 0.3 is 0 Å². The molecule has 4 bridgehead atoms. The van der Waals surface area contributed by atoms with E-state index in [4.69, 9.17) is 9.98 Å². The zero-order chi connectivity index (χ0) is 22.0. The molecule has 0 N–H and O–H groups in total. The van der Waals surface area contributed by atoms with Gasteiger partial charge in [0.1, 0.15) is 0 Å². The van der Waals surface area contributed by atoms with E-state index in [9.17, 15) is 0 Å². The van der Waals surface area contributed by atoms with Gasteiger partial charge in [0.05, 0.1) is 11.4 Å². The molecule has 0 spiro atoms. The zero-order valence-electron chi connectivity index (χ0n) is 18.0. The molecule has 0 radical (unpaired) electrons. The molecule has 0 atom stereocenters. The first kappa shape index (κ1) is 19.2. The molecule has 0 saturated carbocycles. The molecule has 1 heterocycles. The Morgan fingerprint density at radius 3 is 1.55 bits per heavy atom. The summed E-state index contributed by atoms with van der Waals surface area (Å²) in [5.74, 6) is 0. The van der Waals surface area contributed by atoms with Crippen molar-refractivity contribution in [2.75, 3.05) is 4.90 Å². The average Bonchev–Trinajstić information content (AvgIpc) is 2.87. The fraction of sp³-hybridized carbons (Fsp3) is 0. The summed E-state index contributed by atoms with van der Waals surface area (Å²) in [6, 6.07) is 39.8. The number of hydrogen-bond acceptors (Lipinski definition) is 3. The van der Waals surface area contributed by atoms with Crippen LogP contribution in [-0.2, 0) is 0 Å². The molecule has 6 rings (SSSR count). The molecule has 0 saturated heterocycles. The van der Waals surface area contributed by atoms with Crippen LogP contribution in [0.1, 0.15) is 11.1 Å². The van der Waals surface area contributed by atoms with Crippen molar-refractivity contribution in [2.24, 2.45) is 9.98 Å². The van der Waals surface area contributed by atoms with E-state index in [-0.39, 0.29) is 0 Å². The molecular weight excluding hydrogens is 402 g/mol. The molecule has 0 aliphatic carbocycles. The standard InChI is InChI=1S/C30H21N3/c1-2-12-25(13-3-1)33-26-14-4-8-22(18-26)20-31-28-16-6-10-24-11-7-17-29(30(24)28)32-21-23-9-5-15-27(33)19-23/h1-21H. The van der Waals surface area contributed by atoms with Crippen LogP contribution in [0.25, 0.3) is 10.8 Å². The Kier molecular flexibility index (Phi) is 4.78. The molecular formula is C30H21N3. The smallest absolute Gasteiger partial charge is 0.0729 e. The summed E-state index contributed by atoms with van der Waals surface area (Å²) in [6.07, 6.45) is 3.87. The highest BCUT2D eigenvalue weighted by Gasteiger charge is 2.13. The van der Waals surface area contributed by atoms with Crippen LogP contribution in [0, 0.1) is 0 Å². The van der Waals surface area contributed by atoms with Gasteiger partial charge in [-0.1, -0.05) is 66.7 Å². The maximum atomic E-state index is 4.88. The monoisotopic (exact) mass is 423 g/mol. The van der Waals surface area contributed by atoms with Crippen LogP contribution in [0.15, 0.2) is 125 Å². The van der Waals surface area contributed by atoms with Crippen molar-refractivity contribution in [3.63, 3.8) is 0 Å². The number of rotatable bonds is 1. The van der Waals surface area contributed by atoms with Gasteiger partial charge in [-0.15, -0.1) is 0 Å². The van der Waals surface area contributed by atoms with E-state index in [1.807, 2.05) is 42.8 Å². The summed E-state index contributed by atoms with van der Waals surface area (Å²) in [5, 5.41) is 2.19. The summed E-state index contributed by atoms with van der Waals surface area (Å²) < 4.78 is 0. The summed E-state index contributed by atoms with van der Waals surface area (Å²) >= 11 is 0. The van der Waals surface area contributed by atoms with E-state index in [1.165, 1.54) is 0 Å². The minimum Gasteiger partial charge on any atom is -0.310 e. The quantitative estimate of drug-likeness (QED) is 0.262. The minimum absolute atomic E-state index is 0.913. The van der Waals surface area contributed by atoms with E-state index < -0.39 is 0 Å². The van der Waals surface area contributed by atoms with E-state index in [2.05, 4.69) is 89.8 Å². The zero-order valence-corrected chi connectivity index (χ0v) is 18.0. The molecule has 5 aromatic rings. The third kappa shape index (κ3) is 3.70. The Bertz CT molecular complexity index is 1420. The van der Waals surface area contributed by atoms with Crippen molar-refractivity contribution in [3.8, 4) is 0 Å². The highest BCUT2D eigenvalue weighted by Crippen LogP contribution is 2.37. The number of benzene rings is 5. The fourth-order valence-electron chi connectivity index (χ4n) is 4.32. The third-order valence-corrected chi connectivity index (χ3v) is 5.84. The molecule has 3 nitrogen and oxygen atoms in total. The first-order valence-corrected chi connectivity index (χ1v) is 11.0. The lowest BCUT2D eigenvalue weighted by atomic mass is 10.1. The summed E-state index contributed by atoms with van der Waals surface area (Å²) in [5.41, 5.74) is 7.17. The van der Waals surface area contributed by atoms with Crippen molar-refractivity contribution in [3.05, 3.63) is 126 Å². The Balaban J connectivity index is 1.62. The highest BCUT2D eigenvalue weighted by atomic mass is 15.1. The van der Waals surface area contributed by atoms with E-state index in [0.29, 0.717) is 0 Å². The summed E-state index contributed by atoms with van der Waals surface area (Å²) in [6.45, 7) is 0. The molecule has 0 aromatic heterocycles. The number of aliphatic imine (C=N–C) groups is 2. The van der Waals surface area contributed by atoms with Gasteiger partial charge in [-0.25, -0.2) is 0 Å². The minimum atomic E-state index is 0.913. The number of nitrogens with zero attached hydrogens (tertiary/aromatic N) is 3. The number of anilines is 3. The maximum absolute atomic E-state index is 4.88. The SMILES string of the molecule is C1=Nc2cccc3cccc(c23)N=Cc2cccc(c2)N(c2ccccc2)c2cccc1c2. The van der Waals surface area contributed by atoms with E-state index in [1.54, 1.807) is 0 Å². The van der Waals surface area contributed by atoms with Crippen molar-refractivity contribution < 1.29 is 0 Å². The van der Waals surface area contributed by atoms with Gasteiger partial charge in [-0.2, -0.15) is 0 Å². The fourth-order valence-corrected chi connectivity index (χ4v) is 4.32. The number of hydrogen-bond donors (Lipinski definition) is 0. The number of para-hydroxylation sites is 1. The lowest BCUT2D eigenvalue weighted by Crippen LogP contribution is -2.10. The predicted octanol–water partition coefficient (Wildman–Crippen LogP) is 8.12. The van der Waals surface area contributed by atoms with Crippen LogP contribution in [0.3, 0.4) is 0 Å². The van der Waals surface area contributed by atoms with Crippen LogP contribution >= 0.6 is 0 Å². The molecule has 5 aromatic carbocycles. The molecule has 33 heavy (non-hydrogen) atoms. The predicted molar refractivity (Wildman–Crippen MR) is 140 cm³/mol. The molecule has 1 aliphatic rings. The Morgan fingerprint density at radius 1 is 0.455 bits per heavy atom. The van der Waals surface area contributed by atoms with Gasteiger partial charge in [-0.05, 0) is 65.0 Å². The van der Waals surface area contributed by atoms with Crippen molar-refractivity contribution >= 4 is 51.6 Å². The highest BCUT2D eigenvalue weighted by molar-refractivity contribution is 6.04. The lowest BCUT2D eigenvalue weighted by Gasteiger charge is -2.26. The maximum Gasteiger partial charge on any atom is 0.0729 e. The second-order valence-corrected chi connectivity index (χ2v) is 8.03. The van der Waals surface area contributed by atoms with Crippen molar-refractivity contribution in [1.29, 1.82) is 0 Å². The normalized spacial score (nSPS) is 12.5. The van der Waals surface area contributed by atoms with Gasteiger partial charge < -0.3 is 4.90 Å². The molecule has 0 amide bonds. The van der Waals surface area contributed by atoms with Crippen LogP contribution in [0.2, 0.25) is 0 Å². The average molecular weight is 424 g/mol. The largest absolute Gasteiger partial charge is 0.310 e. The summed E-state index contributed by atoms with van der Waals surface area (Å²) in [7, 11) is 0. The Morgan fingerprint density at radius 2 is 0.970 bits per heavy atom. The second-order valence-electron chi connectivity index (χ2n) is 8.03. The van der Waals surface area contributed by atoms with Gasteiger partial charge in [0.15, 0.2) is 0 Å². The third-order valence-electron chi connectivity index (χ3n) is 5.84. The van der Waals surface area contributed by atoms with Crippen molar-refractivity contribution in [1.82, 2.24) is 0 Å². The van der Waals surface area contributed by atoms with Crippen LogP contribution in [-0.4, -0.2) is 12.4 Å². The molecule has 3 heteroatoms. The van der Waals surface area contributed by atoms with E-state index in [0.717, 1.165) is 50.3 Å². The first-order valence-electron chi connectivity index (χ1n) is 11.0. The van der Waals surface area contributed by atoms with Crippen LogP contribution in [0.4, 0.5) is 28.4 Å².